The average molecular weight is 262 g/mol. The van der Waals surface area contributed by atoms with Crippen LogP contribution in [0.3, 0.4) is 0 Å². The zero-order valence-electron chi connectivity index (χ0n) is 11.8. The molecule has 0 radical (unpaired) electrons. The number of hydrogen-bond donors (Lipinski definition) is 2. The van der Waals surface area contributed by atoms with Gasteiger partial charge in [-0.3, -0.25) is 4.79 Å². The lowest BCUT2D eigenvalue weighted by Crippen LogP contribution is -2.32. The SMILES string of the molecule is COc1cc(C(=O)NCC2(C(C)C)CC2)ccc1N. The van der Waals surface area contributed by atoms with Crippen molar-refractivity contribution in [2.45, 2.75) is 26.7 Å². The molecule has 1 saturated carbocycles. The molecule has 0 atom stereocenters. The average Bonchev–Trinajstić information content (AvgIpc) is 3.17. The number of carbonyl (C=O) groups excluding carboxylic acids is 1. The van der Waals surface area contributed by atoms with Gasteiger partial charge in [0, 0.05) is 12.1 Å². The standard InChI is InChI=1S/C15H22N2O2/c1-10(2)15(6-7-15)9-17-14(18)11-4-5-12(16)13(8-11)19-3/h4-5,8,10H,6-7,9,16H2,1-3H3,(H,17,18). The van der Waals surface area contributed by atoms with Gasteiger partial charge in [-0.1, -0.05) is 13.8 Å². The largest absolute Gasteiger partial charge is 0.495 e. The van der Waals surface area contributed by atoms with Crippen LogP contribution in [0.15, 0.2) is 18.2 Å². The van der Waals surface area contributed by atoms with Crippen LogP contribution in [-0.4, -0.2) is 19.6 Å². The zero-order valence-corrected chi connectivity index (χ0v) is 11.8. The molecule has 2 rings (SSSR count). The molecule has 1 aliphatic carbocycles. The smallest absolute Gasteiger partial charge is 0.251 e. The Labute approximate surface area is 114 Å². The second-order valence-electron chi connectivity index (χ2n) is 5.66. The molecule has 0 bridgehead atoms. The Morgan fingerprint density at radius 1 is 1.47 bits per heavy atom. The quantitative estimate of drug-likeness (QED) is 0.801. The summed E-state index contributed by atoms with van der Waals surface area (Å²) < 4.78 is 5.13. The van der Waals surface area contributed by atoms with Crippen LogP contribution < -0.4 is 15.8 Å². The van der Waals surface area contributed by atoms with Gasteiger partial charge >= 0.3 is 0 Å². The summed E-state index contributed by atoms with van der Waals surface area (Å²) in [5.41, 5.74) is 7.18. The molecule has 19 heavy (non-hydrogen) atoms. The Bertz CT molecular complexity index is 479. The van der Waals surface area contributed by atoms with Crippen LogP contribution in [0.25, 0.3) is 0 Å². The van der Waals surface area contributed by atoms with Gasteiger partial charge in [0.1, 0.15) is 5.75 Å². The maximum atomic E-state index is 12.1. The van der Waals surface area contributed by atoms with Gasteiger partial charge in [0.05, 0.1) is 12.8 Å². The first-order valence-electron chi connectivity index (χ1n) is 6.70. The highest BCUT2D eigenvalue weighted by atomic mass is 16.5. The van der Waals surface area contributed by atoms with Gasteiger partial charge in [0.15, 0.2) is 0 Å². The van der Waals surface area contributed by atoms with Crippen molar-refractivity contribution in [1.29, 1.82) is 0 Å². The number of ether oxygens (including phenoxy) is 1. The fourth-order valence-corrected chi connectivity index (χ4v) is 2.33. The topological polar surface area (TPSA) is 64.3 Å². The Hall–Kier alpha value is -1.71. The van der Waals surface area contributed by atoms with Gasteiger partial charge in [0.2, 0.25) is 0 Å². The minimum atomic E-state index is -0.0646. The fraction of sp³-hybridized carbons (Fsp3) is 0.533. The highest BCUT2D eigenvalue weighted by molar-refractivity contribution is 5.95. The Balaban J connectivity index is 2.00. The number of nitrogen functional groups attached to an aromatic ring is 1. The predicted octanol–water partition coefficient (Wildman–Crippen LogP) is 2.44. The van der Waals surface area contributed by atoms with Gasteiger partial charge in [0.25, 0.3) is 5.91 Å². The van der Waals surface area contributed by atoms with E-state index in [9.17, 15) is 4.79 Å². The summed E-state index contributed by atoms with van der Waals surface area (Å²) in [4.78, 5) is 12.1. The lowest BCUT2D eigenvalue weighted by molar-refractivity contribution is 0.0939. The van der Waals surface area contributed by atoms with Crippen LogP contribution in [0.2, 0.25) is 0 Å². The van der Waals surface area contributed by atoms with Crippen LogP contribution in [0.1, 0.15) is 37.0 Å². The first-order chi connectivity index (χ1) is 8.98. The zero-order chi connectivity index (χ0) is 14.0. The van der Waals surface area contributed by atoms with Crippen molar-refractivity contribution in [2.75, 3.05) is 19.4 Å². The monoisotopic (exact) mass is 262 g/mol. The number of nitrogens with two attached hydrogens (primary N) is 1. The van der Waals surface area contributed by atoms with E-state index in [4.69, 9.17) is 10.5 Å². The van der Waals surface area contributed by atoms with Crippen molar-refractivity contribution in [3.05, 3.63) is 23.8 Å². The van der Waals surface area contributed by atoms with Crippen LogP contribution in [0.4, 0.5) is 5.69 Å². The number of methoxy groups -OCH3 is 1. The molecule has 3 N–H and O–H groups in total. The molecule has 1 aromatic carbocycles. The second-order valence-corrected chi connectivity index (χ2v) is 5.66. The summed E-state index contributed by atoms with van der Waals surface area (Å²) in [6, 6.07) is 5.10. The van der Waals surface area contributed by atoms with Crippen LogP contribution in [0, 0.1) is 11.3 Å². The molecule has 104 valence electrons. The summed E-state index contributed by atoms with van der Waals surface area (Å²) in [5, 5.41) is 3.02. The molecule has 0 aromatic heterocycles. The Kier molecular flexibility index (Phi) is 3.69. The lowest BCUT2D eigenvalue weighted by Gasteiger charge is -2.20. The Morgan fingerprint density at radius 3 is 2.68 bits per heavy atom. The summed E-state index contributed by atoms with van der Waals surface area (Å²) in [6.45, 7) is 5.17. The van der Waals surface area contributed by atoms with Gasteiger partial charge in [-0.2, -0.15) is 0 Å². The summed E-state index contributed by atoms with van der Waals surface area (Å²) in [6.07, 6.45) is 2.41. The van der Waals surface area contributed by atoms with E-state index in [1.807, 2.05) is 0 Å². The maximum absolute atomic E-state index is 12.1. The Morgan fingerprint density at radius 2 is 2.16 bits per heavy atom. The van der Waals surface area contributed by atoms with Crippen LogP contribution in [0.5, 0.6) is 5.75 Å². The fourth-order valence-electron chi connectivity index (χ4n) is 2.33. The number of anilines is 1. The molecule has 4 heteroatoms. The number of carbonyl (C=O) groups is 1. The summed E-state index contributed by atoms with van der Waals surface area (Å²) in [5.74, 6) is 1.08. The number of amides is 1. The van der Waals surface area contributed by atoms with E-state index in [2.05, 4.69) is 19.2 Å². The third-order valence-electron chi connectivity index (χ3n) is 4.21. The van der Waals surface area contributed by atoms with E-state index >= 15 is 0 Å². The number of nitrogens with one attached hydrogen (secondary N) is 1. The molecule has 1 aromatic rings. The minimum Gasteiger partial charge on any atom is -0.495 e. The van der Waals surface area contributed by atoms with E-state index in [-0.39, 0.29) is 5.91 Å². The van der Waals surface area contributed by atoms with E-state index in [1.54, 1.807) is 25.3 Å². The molecule has 0 heterocycles. The molecule has 4 nitrogen and oxygen atoms in total. The van der Waals surface area contributed by atoms with Gasteiger partial charge < -0.3 is 15.8 Å². The van der Waals surface area contributed by atoms with E-state index in [0.717, 1.165) is 6.54 Å². The molecule has 0 saturated heterocycles. The molecule has 1 aliphatic rings. The molecule has 1 amide bonds. The van der Waals surface area contributed by atoms with Crippen LogP contribution in [-0.2, 0) is 0 Å². The number of rotatable bonds is 5. The normalized spacial score (nSPS) is 16.2. The van der Waals surface area contributed by atoms with E-state index in [0.29, 0.717) is 28.3 Å². The van der Waals surface area contributed by atoms with Gasteiger partial charge in [-0.25, -0.2) is 0 Å². The molecule has 0 aliphatic heterocycles. The lowest BCUT2D eigenvalue weighted by atomic mass is 9.92. The van der Waals surface area contributed by atoms with Crippen molar-refractivity contribution in [3.63, 3.8) is 0 Å². The highest BCUT2D eigenvalue weighted by Crippen LogP contribution is 2.51. The third-order valence-corrected chi connectivity index (χ3v) is 4.21. The van der Waals surface area contributed by atoms with Crippen molar-refractivity contribution in [1.82, 2.24) is 5.32 Å². The molecular weight excluding hydrogens is 240 g/mol. The van der Waals surface area contributed by atoms with E-state index in [1.165, 1.54) is 12.8 Å². The highest BCUT2D eigenvalue weighted by Gasteiger charge is 2.45. The first-order valence-corrected chi connectivity index (χ1v) is 6.70. The van der Waals surface area contributed by atoms with Crippen molar-refractivity contribution in [3.8, 4) is 5.75 Å². The molecular formula is C15H22N2O2. The molecule has 0 spiro atoms. The van der Waals surface area contributed by atoms with Crippen molar-refractivity contribution < 1.29 is 9.53 Å². The predicted molar refractivity (Wildman–Crippen MR) is 76.2 cm³/mol. The maximum Gasteiger partial charge on any atom is 0.251 e. The summed E-state index contributed by atoms with van der Waals surface area (Å²) >= 11 is 0. The summed E-state index contributed by atoms with van der Waals surface area (Å²) in [7, 11) is 1.55. The van der Waals surface area contributed by atoms with Crippen LogP contribution >= 0.6 is 0 Å². The van der Waals surface area contributed by atoms with Gasteiger partial charge in [-0.15, -0.1) is 0 Å². The minimum absolute atomic E-state index is 0.0646. The molecule has 1 fully saturated rings. The third kappa shape index (κ3) is 2.83. The number of benzene rings is 1. The van der Waals surface area contributed by atoms with E-state index < -0.39 is 0 Å². The first kappa shape index (κ1) is 13.7. The van der Waals surface area contributed by atoms with Gasteiger partial charge in [-0.05, 0) is 42.4 Å². The van der Waals surface area contributed by atoms with Crippen molar-refractivity contribution in [2.24, 2.45) is 11.3 Å². The molecule has 0 unspecified atom stereocenters. The number of hydrogen-bond acceptors (Lipinski definition) is 3. The van der Waals surface area contributed by atoms with Crippen molar-refractivity contribution >= 4 is 11.6 Å². The second kappa shape index (κ2) is 5.11.